The molecule has 0 radical (unpaired) electrons. The molecule has 0 aliphatic carbocycles. The summed E-state index contributed by atoms with van der Waals surface area (Å²) in [6, 6.07) is 20.0. The van der Waals surface area contributed by atoms with Gasteiger partial charge in [0.2, 0.25) is 5.91 Å². The number of anilines is 1. The number of rotatable bonds is 7. The van der Waals surface area contributed by atoms with Crippen molar-refractivity contribution in [2.45, 2.75) is 18.7 Å². The average molecular weight is 467 g/mol. The van der Waals surface area contributed by atoms with E-state index in [0.29, 0.717) is 27.4 Å². The Balaban J connectivity index is 1.64. The van der Waals surface area contributed by atoms with E-state index in [-0.39, 0.29) is 23.0 Å². The van der Waals surface area contributed by atoms with Gasteiger partial charge in [-0.15, -0.1) is 0 Å². The number of aromatic nitrogens is 2. The largest absolute Gasteiger partial charge is 0.435 e. The third-order valence-electron chi connectivity index (χ3n) is 4.73. The maximum atomic E-state index is 13.2. The van der Waals surface area contributed by atoms with Gasteiger partial charge in [-0.05, 0) is 55.5 Å². The van der Waals surface area contributed by atoms with Crippen LogP contribution in [0.25, 0.3) is 16.6 Å². The number of halogens is 2. The van der Waals surface area contributed by atoms with Crippen molar-refractivity contribution in [3.63, 3.8) is 0 Å². The van der Waals surface area contributed by atoms with Crippen LogP contribution in [0.4, 0.5) is 14.5 Å². The van der Waals surface area contributed by atoms with E-state index < -0.39 is 6.61 Å². The Kier molecular flexibility index (Phi) is 6.69. The van der Waals surface area contributed by atoms with Gasteiger partial charge in [-0.2, -0.15) is 8.78 Å². The molecule has 0 bridgehead atoms. The molecule has 0 fully saturated rings. The van der Waals surface area contributed by atoms with Crippen molar-refractivity contribution in [2.24, 2.45) is 0 Å². The van der Waals surface area contributed by atoms with Crippen LogP contribution >= 0.6 is 11.8 Å². The number of nitrogens with one attached hydrogen (secondary N) is 1. The van der Waals surface area contributed by atoms with Gasteiger partial charge in [-0.3, -0.25) is 14.2 Å². The maximum Gasteiger partial charge on any atom is 0.387 e. The number of ether oxygens (including phenoxy) is 1. The number of hydrogen-bond acceptors (Lipinski definition) is 5. The van der Waals surface area contributed by atoms with Gasteiger partial charge in [0, 0.05) is 5.69 Å². The zero-order valence-electron chi connectivity index (χ0n) is 17.5. The van der Waals surface area contributed by atoms with Crippen molar-refractivity contribution in [3.8, 4) is 11.4 Å². The first kappa shape index (κ1) is 22.5. The van der Waals surface area contributed by atoms with Crippen LogP contribution < -0.4 is 15.6 Å². The van der Waals surface area contributed by atoms with E-state index in [1.54, 1.807) is 24.3 Å². The summed E-state index contributed by atoms with van der Waals surface area (Å²) in [7, 11) is 0. The molecule has 1 aromatic heterocycles. The maximum absolute atomic E-state index is 13.2. The first-order chi connectivity index (χ1) is 15.9. The molecule has 0 aliphatic heterocycles. The fourth-order valence-electron chi connectivity index (χ4n) is 3.18. The number of carbonyl (C=O) groups excluding carboxylic acids is 1. The summed E-state index contributed by atoms with van der Waals surface area (Å²) >= 11 is 1.10. The van der Waals surface area contributed by atoms with E-state index in [1.165, 1.54) is 28.8 Å². The minimum absolute atomic E-state index is 0.0191. The number of benzene rings is 3. The van der Waals surface area contributed by atoms with Crippen LogP contribution in [-0.2, 0) is 4.79 Å². The fourth-order valence-corrected chi connectivity index (χ4v) is 3.99. The standard InChI is InChI=1S/C24H19F2N3O3S/c1-15-6-8-16(9-7-15)27-21(30)14-33-24-28-20-5-3-2-4-19(20)22(31)29(24)17-10-12-18(13-11-17)32-23(25)26/h2-13,23H,14H2,1H3,(H,27,30). The second kappa shape index (κ2) is 9.83. The van der Waals surface area contributed by atoms with Crippen molar-refractivity contribution in [1.29, 1.82) is 0 Å². The first-order valence-electron chi connectivity index (χ1n) is 9.97. The monoisotopic (exact) mass is 467 g/mol. The smallest absolute Gasteiger partial charge is 0.387 e. The Labute approximate surface area is 192 Å². The van der Waals surface area contributed by atoms with Gasteiger partial charge in [-0.25, -0.2) is 4.98 Å². The molecule has 0 saturated carbocycles. The summed E-state index contributed by atoms with van der Waals surface area (Å²) in [4.78, 5) is 30.3. The van der Waals surface area contributed by atoms with E-state index in [2.05, 4.69) is 15.0 Å². The minimum atomic E-state index is -2.95. The molecule has 1 amide bonds. The van der Waals surface area contributed by atoms with Gasteiger partial charge in [-0.1, -0.05) is 41.6 Å². The van der Waals surface area contributed by atoms with Crippen LogP contribution in [0.1, 0.15) is 5.56 Å². The SMILES string of the molecule is Cc1ccc(NC(=O)CSc2nc3ccccc3c(=O)n2-c2ccc(OC(F)F)cc2)cc1. The normalized spacial score (nSPS) is 11.0. The molecular weight excluding hydrogens is 448 g/mol. The number of hydrogen-bond donors (Lipinski definition) is 1. The van der Waals surface area contributed by atoms with Crippen LogP contribution in [0.5, 0.6) is 5.75 Å². The van der Waals surface area contributed by atoms with E-state index in [9.17, 15) is 18.4 Å². The molecule has 9 heteroatoms. The molecule has 0 unspecified atom stereocenters. The van der Waals surface area contributed by atoms with E-state index in [0.717, 1.165) is 17.3 Å². The number of alkyl halides is 2. The molecule has 0 saturated heterocycles. The Morgan fingerprint density at radius 1 is 1.06 bits per heavy atom. The van der Waals surface area contributed by atoms with Crippen LogP contribution in [-0.4, -0.2) is 27.8 Å². The summed E-state index contributed by atoms with van der Waals surface area (Å²) in [6.07, 6.45) is 0. The number of aryl methyl sites for hydroxylation is 1. The fraction of sp³-hybridized carbons (Fsp3) is 0.125. The summed E-state index contributed by atoms with van der Waals surface area (Å²) in [5, 5.41) is 3.52. The Morgan fingerprint density at radius 2 is 1.76 bits per heavy atom. The number of carbonyl (C=O) groups is 1. The molecule has 0 atom stereocenters. The second-order valence-corrected chi connectivity index (χ2v) is 8.07. The molecule has 168 valence electrons. The average Bonchev–Trinajstić information content (AvgIpc) is 2.80. The number of amides is 1. The number of para-hydroxylation sites is 1. The lowest BCUT2D eigenvalue weighted by Crippen LogP contribution is -2.23. The minimum Gasteiger partial charge on any atom is -0.435 e. The van der Waals surface area contributed by atoms with Gasteiger partial charge < -0.3 is 10.1 Å². The van der Waals surface area contributed by atoms with Crippen molar-refractivity contribution >= 4 is 34.3 Å². The van der Waals surface area contributed by atoms with Crippen molar-refractivity contribution in [2.75, 3.05) is 11.1 Å². The predicted molar refractivity (Wildman–Crippen MR) is 125 cm³/mol. The number of fused-ring (bicyclic) bond motifs is 1. The highest BCUT2D eigenvalue weighted by Crippen LogP contribution is 2.24. The van der Waals surface area contributed by atoms with Crippen LogP contribution in [0.15, 0.2) is 82.7 Å². The van der Waals surface area contributed by atoms with E-state index in [4.69, 9.17) is 0 Å². The number of nitrogens with zero attached hydrogens (tertiary/aromatic N) is 2. The topological polar surface area (TPSA) is 73.2 Å². The van der Waals surface area contributed by atoms with Crippen LogP contribution in [0, 0.1) is 6.92 Å². The highest BCUT2D eigenvalue weighted by atomic mass is 32.2. The lowest BCUT2D eigenvalue weighted by atomic mass is 10.2. The molecule has 4 aromatic rings. The zero-order chi connectivity index (χ0) is 23.4. The van der Waals surface area contributed by atoms with Gasteiger partial charge in [0.25, 0.3) is 5.56 Å². The Morgan fingerprint density at radius 3 is 2.45 bits per heavy atom. The summed E-state index contributed by atoms with van der Waals surface area (Å²) in [5.74, 6) is -0.258. The lowest BCUT2D eigenvalue weighted by Gasteiger charge is -2.14. The first-order valence-corrected chi connectivity index (χ1v) is 11.0. The quantitative estimate of drug-likeness (QED) is 0.305. The van der Waals surface area contributed by atoms with Crippen molar-refractivity contribution in [1.82, 2.24) is 9.55 Å². The molecule has 1 heterocycles. The van der Waals surface area contributed by atoms with Crippen LogP contribution in [0.2, 0.25) is 0 Å². The highest BCUT2D eigenvalue weighted by molar-refractivity contribution is 7.99. The molecule has 6 nitrogen and oxygen atoms in total. The molecule has 0 spiro atoms. The molecule has 3 aromatic carbocycles. The Hall–Kier alpha value is -3.72. The van der Waals surface area contributed by atoms with Gasteiger partial charge in [0.15, 0.2) is 5.16 Å². The van der Waals surface area contributed by atoms with Gasteiger partial charge in [0.05, 0.1) is 22.3 Å². The van der Waals surface area contributed by atoms with Crippen molar-refractivity contribution in [3.05, 3.63) is 88.7 Å². The molecule has 33 heavy (non-hydrogen) atoms. The summed E-state index contributed by atoms with van der Waals surface area (Å²) in [6.45, 7) is -0.989. The third-order valence-corrected chi connectivity index (χ3v) is 5.67. The molecule has 0 aliphatic rings. The van der Waals surface area contributed by atoms with E-state index in [1.807, 2.05) is 31.2 Å². The van der Waals surface area contributed by atoms with Gasteiger partial charge >= 0.3 is 6.61 Å². The highest BCUT2D eigenvalue weighted by Gasteiger charge is 2.15. The second-order valence-electron chi connectivity index (χ2n) is 7.13. The Bertz CT molecular complexity index is 1340. The van der Waals surface area contributed by atoms with Crippen LogP contribution in [0.3, 0.4) is 0 Å². The molecular formula is C24H19F2N3O3S. The predicted octanol–water partition coefficient (Wildman–Crippen LogP) is 5.03. The molecule has 4 rings (SSSR count). The van der Waals surface area contributed by atoms with E-state index >= 15 is 0 Å². The summed E-state index contributed by atoms with van der Waals surface area (Å²) in [5.41, 5.74) is 2.34. The third kappa shape index (κ3) is 5.38. The zero-order valence-corrected chi connectivity index (χ0v) is 18.3. The van der Waals surface area contributed by atoms with Crippen molar-refractivity contribution < 1.29 is 18.3 Å². The van der Waals surface area contributed by atoms with Gasteiger partial charge in [0.1, 0.15) is 5.75 Å². The molecule has 1 N–H and O–H groups in total. The summed E-state index contributed by atoms with van der Waals surface area (Å²) < 4.78 is 30.7. The lowest BCUT2D eigenvalue weighted by molar-refractivity contribution is -0.113. The number of thioether (sulfide) groups is 1.